The molecule has 0 aliphatic carbocycles. The van der Waals surface area contributed by atoms with Gasteiger partial charge < -0.3 is 10.7 Å². The van der Waals surface area contributed by atoms with E-state index in [1.54, 1.807) is 0 Å². The molecule has 0 aliphatic rings. The van der Waals surface area contributed by atoms with Crippen molar-refractivity contribution in [1.29, 1.82) is 0 Å². The van der Waals surface area contributed by atoms with Crippen molar-refractivity contribution < 1.29 is 0 Å². The highest BCUT2D eigenvalue weighted by Gasteiger charge is 2.13. The summed E-state index contributed by atoms with van der Waals surface area (Å²) in [6.45, 7) is 0.640. The molecule has 1 aromatic carbocycles. The fraction of sp³-hybridized carbons (Fsp3) is 0.214. The van der Waals surface area contributed by atoms with Gasteiger partial charge in [-0.05, 0) is 24.6 Å². The van der Waals surface area contributed by atoms with Crippen molar-refractivity contribution in [2.24, 2.45) is 12.8 Å². The third-order valence-corrected chi connectivity index (χ3v) is 3.16. The summed E-state index contributed by atoms with van der Waals surface area (Å²) in [6.07, 6.45) is 4.92. The van der Waals surface area contributed by atoms with Gasteiger partial charge in [0.15, 0.2) is 0 Å². The van der Waals surface area contributed by atoms with Crippen molar-refractivity contribution in [3.63, 3.8) is 0 Å². The van der Waals surface area contributed by atoms with Gasteiger partial charge in [0.05, 0.1) is 5.69 Å². The normalized spacial score (nSPS) is 11.2. The topological polar surface area (TPSA) is 59.6 Å². The molecule has 0 unspecified atom stereocenters. The Morgan fingerprint density at radius 1 is 1.33 bits per heavy atom. The van der Waals surface area contributed by atoms with Gasteiger partial charge in [-0.1, -0.05) is 18.2 Å². The molecule has 0 atom stereocenters. The first-order valence-electron chi connectivity index (χ1n) is 6.08. The highest BCUT2D eigenvalue weighted by atomic mass is 15.3. The van der Waals surface area contributed by atoms with Crippen LogP contribution in [0, 0.1) is 0 Å². The molecule has 2 aromatic heterocycles. The van der Waals surface area contributed by atoms with Gasteiger partial charge in [0.1, 0.15) is 0 Å². The van der Waals surface area contributed by atoms with Gasteiger partial charge in [0, 0.05) is 35.9 Å². The molecule has 4 nitrogen and oxygen atoms in total. The molecular formula is C14H16N4. The van der Waals surface area contributed by atoms with E-state index >= 15 is 0 Å². The average Bonchev–Trinajstić information content (AvgIpc) is 2.93. The van der Waals surface area contributed by atoms with Crippen molar-refractivity contribution in [2.75, 3.05) is 6.54 Å². The number of H-pyrrole nitrogens is 1. The van der Waals surface area contributed by atoms with Crippen LogP contribution in [0.2, 0.25) is 0 Å². The van der Waals surface area contributed by atoms with E-state index in [0.717, 1.165) is 23.2 Å². The summed E-state index contributed by atoms with van der Waals surface area (Å²) in [5.74, 6) is 0. The standard InChI is InChI=1S/C14H16N4/c1-18-9-10(6-7-15)14(17-18)12-8-16-13-5-3-2-4-11(12)13/h2-5,8-9,16H,6-7,15H2,1H3. The fourth-order valence-corrected chi connectivity index (χ4v) is 2.37. The van der Waals surface area contributed by atoms with E-state index in [0.29, 0.717) is 6.54 Å². The zero-order valence-electron chi connectivity index (χ0n) is 10.4. The maximum absolute atomic E-state index is 5.66. The third kappa shape index (κ3) is 1.71. The Bertz CT molecular complexity index is 678. The van der Waals surface area contributed by atoms with Crippen molar-refractivity contribution in [3.8, 4) is 11.3 Å². The van der Waals surface area contributed by atoms with E-state index in [1.165, 1.54) is 10.9 Å². The minimum absolute atomic E-state index is 0.640. The minimum atomic E-state index is 0.640. The SMILES string of the molecule is Cn1cc(CCN)c(-c2c[nH]c3ccccc23)n1. The first-order chi connectivity index (χ1) is 8.79. The molecule has 0 spiro atoms. The zero-order chi connectivity index (χ0) is 12.5. The Morgan fingerprint density at radius 2 is 2.17 bits per heavy atom. The van der Waals surface area contributed by atoms with Crippen LogP contribution in [0.1, 0.15) is 5.56 Å². The Kier molecular flexibility index (Phi) is 2.64. The lowest BCUT2D eigenvalue weighted by molar-refractivity contribution is 0.769. The predicted molar refractivity (Wildman–Crippen MR) is 73.3 cm³/mol. The van der Waals surface area contributed by atoms with E-state index in [2.05, 4.69) is 22.2 Å². The minimum Gasteiger partial charge on any atom is -0.360 e. The molecule has 3 rings (SSSR count). The van der Waals surface area contributed by atoms with Crippen LogP contribution in [-0.4, -0.2) is 21.3 Å². The van der Waals surface area contributed by atoms with Crippen molar-refractivity contribution in [1.82, 2.24) is 14.8 Å². The van der Waals surface area contributed by atoms with Crippen LogP contribution in [0.5, 0.6) is 0 Å². The number of aromatic amines is 1. The van der Waals surface area contributed by atoms with Crippen LogP contribution in [0.4, 0.5) is 0 Å². The molecule has 0 radical (unpaired) electrons. The lowest BCUT2D eigenvalue weighted by Crippen LogP contribution is -2.02. The van der Waals surface area contributed by atoms with Gasteiger partial charge in [-0.2, -0.15) is 5.10 Å². The molecule has 2 heterocycles. The maximum atomic E-state index is 5.66. The number of rotatable bonds is 3. The van der Waals surface area contributed by atoms with Crippen molar-refractivity contribution >= 4 is 10.9 Å². The third-order valence-electron chi connectivity index (χ3n) is 3.16. The highest BCUT2D eigenvalue weighted by Crippen LogP contribution is 2.29. The van der Waals surface area contributed by atoms with Gasteiger partial charge >= 0.3 is 0 Å². The number of aromatic nitrogens is 3. The van der Waals surface area contributed by atoms with Crippen molar-refractivity contribution in [2.45, 2.75) is 6.42 Å². The summed E-state index contributed by atoms with van der Waals surface area (Å²) in [5, 5.41) is 5.77. The van der Waals surface area contributed by atoms with E-state index < -0.39 is 0 Å². The molecule has 0 bridgehead atoms. The van der Waals surface area contributed by atoms with Gasteiger partial charge in [0.2, 0.25) is 0 Å². The Hall–Kier alpha value is -2.07. The Morgan fingerprint density at radius 3 is 3.00 bits per heavy atom. The average molecular weight is 240 g/mol. The van der Waals surface area contributed by atoms with Crippen LogP contribution in [-0.2, 0) is 13.5 Å². The number of aryl methyl sites for hydroxylation is 1. The van der Waals surface area contributed by atoms with E-state index in [9.17, 15) is 0 Å². The molecule has 0 fully saturated rings. The number of para-hydroxylation sites is 1. The quantitative estimate of drug-likeness (QED) is 0.736. The lowest BCUT2D eigenvalue weighted by atomic mass is 10.1. The molecule has 92 valence electrons. The number of nitrogens with two attached hydrogens (primary N) is 1. The van der Waals surface area contributed by atoms with Crippen LogP contribution in [0.3, 0.4) is 0 Å². The number of hydrogen-bond acceptors (Lipinski definition) is 2. The second-order valence-corrected chi connectivity index (χ2v) is 4.46. The molecule has 0 saturated carbocycles. The van der Waals surface area contributed by atoms with Gasteiger partial charge in [-0.3, -0.25) is 4.68 Å². The predicted octanol–water partition coefficient (Wildman–Crippen LogP) is 2.07. The summed E-state index contributed by atoms with van der Waals surface area (Å²) in [6, 6.07) is 8.26. The van der Waals surface area contributed by atoms with E-state index in [1.807, 2.05) is 36.3 Å². The summed E-state index contributed by atoms with van der Waals surface area (Å²) in [7, 11) is 1.94. The van der Waals surface area contributed by atoms with Crippen LogP contribution in [0.15, 0.2) is 36.7 Å². The first-order valence-corrected chi connectivity index (χ1v) is 6.08. The van der Waals surface area contributed by atoms with Crippen LogP contribution >= 0.6 is 0 Å². The molecule has 4 heteroatoms. The monoisotopic (exact) mass is 240 g/mol. The largest absolute Gasteiger partial charge is 0.360 e. The van der Waals surface area contributed by atoms with Gasteiger partial charge in [-0.15, -0.1) is 0 Å². The van der Waals surface area contributed by atoms with Crippen molar-refractivity contribution in [3.05, 3.63) is 42.2 Å². The smallest absolute Gasteiger partial charge is 0.0976 e. The molecule has 0 amide bonds. The molecule has 18 heavy (non-hydrogen) atoms. The molecule has 0 saturated heterocycles. The molecule has 3 N–H and O–H groups in total. The number of fused-ring (bicyclic) bond motifs is 1. The second kappa shape index (κ2) is 4.31. The highest BCUT2D eigenvalue weighted by molar-refractivity contribution is 5.95. The number of nitrogens with zero attached hydrogens (tertiary/aromatic N) is 2. The Balaban J connectivity index is 2.19. The second-order valence-electron chi connectivity index (χ2n) is 4.46. The fourth-order valence-electron chi connectivity index (χ4n) is 2.37. The zero-order valence-corrected chi connectivity index (χ0v) is 10.4. The molecule has 3 aromatic rings. The molecule has 0 aliphatic heterocycles. The molecular weight excluding hydrogens is 224 g/mol. The Labute approximate surface area is 105 Å². The van der Waals surface area contributed by atoms with Crippen LogP contribution in [0.25, 0.3) is 22.2 Å². The summed E-state index contributed by atoms with van der Waals surface area (Å²) >= 11 is 0. The number of nitrogens with one attached hydrogen (secondary N) is 1. The van der Waals surface area contributed by atoms with Gasteiger partial charge in [0.25, 0.3) is 0 Å². The van der Waals surface area contributed by atoms with E-state index in [-0.39, 0.29) is 0 Å². The summed E-state index contributed by atoms with van der Waals surface area (Å²) in [5.41, 5.74) is 10.2. The lowest BCUT2D eigenvalue weighted by Gasteiger charge is -1.99. The van der Waals surface area contributed by atoms with E-state index in [4.69, 9.17) is 5.73 Å². The number of benzene rings is 1. The summed E-state index contributed by atoms with van der Waals surface area (Å²) < 4.78 is 1.85. The van der Waals surface area contributed by atoms with Crippen LogP contribution < -0.4 is 5.73 Å². The maximum Gasteiger partial charge on any atom is 0.0976 e. The van der Waals surface area contributed by atoms with Gasteiger partial charge in [-0.25, -0.2) is 0 Å². The first kappa shape index (κ1) is 11.0. The summed E-state index contributed by atoms with van der Waals surface area (Å²) in [4.78, 5) is 3.28. The number of hydrogen-bond donors (Lipinski definition) is 2.